The Morgan fingerprint density at radius 3 is 2.36 bits per heavy atom. The van der Waals surface area contributed by atoms with Gasteiger partial charge in [0.05, 0.1) is 4.90 Å². The summed E-state index contributed by atoms with van der Waals surface area (Å²) >= 11 is 0. The Hall–Kier alpha value is -3.55. The van der Waals surface area contributed by atoms with Crippen molar-refractivity contribution in [2.45, 2.75) is 37.3 Å². The molecule has 0 saturated carbocycles. The van der Waals surface area contributed by atoms with E-state index in [0.717, 1.165) is 11.1 Å². The molecule has 0 spiro atoms. The zero-order valence-corrected chi connectivity index (χ0v) is 18.8. The van der Waals surface area contributed by atoms with Crippen LogP contribution in [0.3, 0.4) is 0 Å². The molecule has 0 fully saturated rings. The maximum absolute atomic E-state index is 11.7. The van der Waals surface area contributed by atoms with Crippen molar-refractivity contribution in [1.29, 1.82) is 0 Å². The summed E-state index contributed by atoms with van der Waals surface area (Å²) in [6.07, 6.45) is 0.810. The van der Waals surface area contributed by atoms with E-state index in [1.807, 2.05) is 37.3 Å². The molecule has 0 aromatic heterocycles. The molecule has 0 amide bonds. The fraction of sp³-hybridized carbons (Fsp3) is 0.300. The third-order valence-electron chi connectivity index (χ3n) is 4.01. The Kier molecular flexibility index (Phi) is 11.5. The van der Waals surface area contributed by atoms with Gasteiger partial charge in [0.1, 0.15) is 12.6 Å². The molecule has 0 aliphatic rings. The van der Waals surface area contributed by atoms with E-state index in [9.17, 15) is 23.3 Å². The summed E-state index contributed by atoms with van der Waals surface area (Å²) in [5, 5.41) is 9.28. The Labute approximate surface area is 191 Å². The molecular weight excluding hydrogens is 454 g/mol. The minimum atomic E-state index is -4.02. The first kappa shape index (κ1) is 27.5. The molecule has 0 heterocycles. The first-order valence-corrected chi connectivity index (χ1v) is 11.1. The maximum atomic E-state index is 11.7. The van der Waals surface area contributed by atoms with Gasteiger partial charge in [-0.2, -0.15) is 8.42 Å². The molecular formula is C20H27N5O7S. The van der Waals surface area contributed by atoms with Crippen molar-refractivity contribution < 1.29 is 27.5 Å². The first-order chi connectivity index (χ1) is 15.5. The van der Waals surface area contributed by atoms with Crippen LogP contribution in [0.15, 0.2) is 64.5 Å². The average molecular weight is 482 g/mol. The van der Waals surface area contributed by atoms with Crippen LogP contribution < -0.4 is 16.9 Å². The number of hydrogen-bond acceptors (Lipinski definition) is 8. The van der Waals surface area contributed by atoms with Crippen LogP contribution in [0, 0.1) is 17.0 Å². The second kappa shape index (κ2) is 13.8. The minimum Gasteiger partial charge on any atom is -0.460 e. The van der Waals surface area contributed by atoms with E-state index in [2.05, 4.69) is 4.99 Å². The Morgan fingerprint density at radius 1 is 1.21 bits per heavy atom. The summed E-state index contributed by atoms with van der Waals surface area (Å²) in [7, 11) is -4.02. The SMILES string of the molecule is Cc1ccc(S(=O)(=O)O)cc1.NC(=NCCCC(N)C(=O)OCc1ccccc1)N[N+](=O)[O-]. The van der Waals surface area contributed by atoms with Crippen molar-refractivity contribution in [1.82, 2.24) is 5.43 Å². The molecule has 33 heavy (non-hydrogen) atoms. The van der Waals surface area contributed by atoms with Gasteiger partial charge < -0.3 is 16.2 Å². The van der Waals surface area contributed by atoms with Crippen LogP contribution in [0.25, 0.3) is 0 Å². The molecule has 0 aliphatic carbocycles. The van der Waals surface area contributed by atoms with Crippen molar-refractivity contribution in [2.24, 2.45) is 16.5 Å². The zero-order valence-electron chi connectivity index (χ0n) is 18.0. The number of nitro groups is 1. The van der Waals surface area contributed by atoms with Gasteiger partial charge in [-0.3, -0.25) is 9.35 Å². The van der Waals surface area contributed by atoms with Gasteiger partial charge in [-0.15, -0.1) is 0 Å². The third kappa shape index (κ3) is 12.2. The summed E-state index contributed by atoms with van der Waals surface area (Å²) in [6.45, 7) is 2.24. The molecule has 2 aromatic rings. The number of hydrazine groups is 1. The van der Waals surface area contributed by atoms with Gasteiger partial charge in [-0.25, -0.2) is 15.1 Å². The van der Waals surface area contributed by atoms with Crippen molar-refractivity contribution in [2.75, 3.05) is 6.54 Å². The maximum Gasteiger partial charge on any atom is 0.323 e. The van der Waals surface area contributed by atoms with E-state index < -0.39 is 27.2 Å². The van der Waals surface area contributed by atoms with Crippen LogP contribution in [0.5, 0.6) is 0 Å². The van der Waals surface area contributed by atoms with E-state index >= 15 is 0 Å². The number of ether oxygens (including phenoxy) is 1. The number of aliphatic imine (C=N–C) groups is 1. The summed E-state index contributed by atoms with van der Waals surface area (Å²) in [5.41, 5.74) is 14.5. The number of carbonyl (C=O) groups is 1. The van der Waals surface area contributed by atoms with E-state index in [1.54, 1.807) is 17.6 Å². The van der Waals surface area contributed by atoms with Crippen LogP contribution in [-0.4, -0.2) is 42.5 Å². The molecule has 2 rings (SSSR count). The number of hydrogen-bond donors (Lipinski definition) is 4. The molecule has 1 atom stereocenters. The smallest absolute Gasteiger partial charge is 0.323 e. The number of benzene rings is 2. The summed E-state index contributed by atoms with van der Waals surface area (Å²) in [4.78, 5) is 25.4. The second-order valence-corrected chi connectivity index (χ2v) is 8.19. The number of carbonyl (C=O) groups excluding carboxylic acids is 1. The zero-order chi connectivity index (χ0) is 24.9. The van der Waals surface area contributed by atoms with Gasteiger partial charge in [-0.1, -0.05) is 53.5 Å². The monoisotopic (exact) mass is 481 g/mol. The Morgan fingerprint density at radius 2 is 1.82 bits per heavy atom. The number of nitrogens with one attached hydrogen (secondary N) is 1. The topological polar surface area (TPSA) is 200 Å². The van der Waals surface area contributed by atoms with Crippen LogP contribution in [0.1, 0.15) is 24.0 Å². The predicted molar refractivity (Wildman–Crippen MR) is 121 cm³/mol. The van der Waals surface area contributed by atoms with Gasteiger partial charge in [0, 0.05) is 6.54 Å². The molecule has 0 aliphatic heterocycles. The number of rotatable bonds is 9. The van der Waals surface area contributed by atoms with E-state index in [4.69, 9.17) is 20.8 Å². The van der Waals surface area contributed by atoms with Crippen molar-refractivity contribution in [3.8, 4) is 0 Å². The minimum absolute atomic E-state index is 0.0666. The second-order valence-electron chi connectivity index (χ2n) is 6.77. The molecule has 0 saturated heterocycles. The summed E-state index contributed by atoms with van der Waals surface area (Å²) in [6, 6.07) is 14.5. The number of aryl methyl sites for hydroxylation is 1. The molecule has 1 unspecified atom stereocenters. The number of guanidine groups is 1. The van der Waals surface area contributed by atoms with E-state index in [0.29, 0.717) is 12.8 Å². The fourth-order valence-corrected chi connectivity index (χ4v) is 2.78. The highest BCUT2D eigenvalue weighted by molar-refractivity contribution is 7.85. The van der Waals surface area contributed by atoms with Gasteiger partial charge in [0.15, 0.2) is 5.03 Å². The lowest BCUT2D eigenvalue weighted by Gasteiger charge is -2.10. The van der Waals surface area contributed by atoms with Gasteiger partial charge >= 0.3 is 5.97 Å². The summed E-state index contributed by atoms with van der Waals surface area (Å²) < 4.78 is 34.6. The molecule has 180 valence electrons. The van der Waals surface area contributed by atoms with Crippen LogP contribution >= 0.6 is 0 Å². The summed E-state index contributed by atoms with van der Waals surface area (Å²) in [5.74, 6) is -0.783. The normalized spacial score (nSPS) is 12.2. The highest BCUT2D eigenvalue weighted by atomic mass is 32.2. The Balaban J connectivity index is 0.000000412. The van der Waals surface area contributed by atoms with Crippen molar-refractivity contribution >= 4 is 22.0 Å². The molecule has 12 nitrogen and oxygen atoms in total. The lowest BCUT2D eigenvalue weighted by atomic mass is 10.1. The lowest BCUT2D eigenvalue weighted by molar-refractivity contribution is -0.525. The predicted octanol–water partition coefficient (Wildman–Crippen LogP) is 1.18. The van der Waals surface area contributed by atoms with E-state index in [1.165, 1.54) is 12.1 Å². The first-order valence-electron chi connectivity index (χ1n) is 9.70. The van der Waals surface area contributed by atoms with Gasteiger partial charge in [-0.05, 0) is 37.5 Å². The molecule has 0 radical (unpaired) electrons. The molecule has 13 heteroatoms. The number of nitrogens with zero attached hydrogens (tertiary/aromatic N) is 2. The highest BCUT2D eigenvalue weighted by Gasteiger charge is 2.14. The standard InChI is InChI=1S/C13H19N5O4.C7H8O3S/c14-11(7-4-8-16-13(15)17-18(20)21)12(19)22-9-10-5-2-1-3-6-10;1-6-2-4-7(5-3-6)11(8,9)10/h1-3,5-6,11H,4,7-9,14H2,(H3,15,16,17);2-5H,1H3,(H,8,9,10). The van der Waals surface area contributed by atoms with Crippen LogP contribution in [-0.2, 0) is 26.3 Å². The van der Waals surface area contributed by atoms with Crippen LogP contribution in [0.2, 0.25) is 0 Å². The lowest BCUT2D eigenvalue weighted by Crippen LogP contribution is -2.36. The Bertz CT molecular complexity index is 1030. The van der Waals surface area contributed by atoms with Gasteiger partial charge in [0.2, 0.25) is 0 Å². The quantitative estimate of drug-likeness (QED) is 0.0766. The number of nitrogens with two attached hydrogens (primary N) is 2. The van der Waals surface area contributed by atoms with Crippen LogP contribution in [0.4, 0.5) is 0 Å². The van der Waals surface area contributed by atoms with Gasteiger partial charge in [0.25, 0.3) is 16.1 Å². The van der Waals surface area contributed by atoms with Crippen molar-refractivity contribution in [3.63, 3.8) is 0 Å². The largest absolute Gasteiger partial charge is 0.460 e. The number of esters is 1. The average Bonchev–Trinajstić information content (AvgIpc) is 2.75. The fourth-order valence-electron chi connectivity index (χ4n) is 2.30. The molecule has 0 bridgehead atoms. The highest BCUT2D eigenvalue weighted by Crippen LogP contribution is 2.08. The molecule has 2 aromatic carbocycles. The van der Waals surface area contributed by atoms with E-state index in [-0.39, 0.29) is 24.0 Å². The molecule has 6 N–H and O–H groups in total. The van der Waals surface area contributed by atoms with Crippen molar-refractivity contribution in [3.05, 3.63) is 75.8 Å². The third-order valence-corrected chi connectivity index (χ3v) is 4.87.